The van der Waals surface area contributed by atoms with Crippen LogP contribution in [0.4, 0.5) is 0 Å². The topological polar surface area (TPSA) is 63.7 Å². The molecule has 0 N–H and O–H groups in total. The number of hydrogen-bond acceptors (Lipinski definition) is 4. The predicted octanol–water partition coefficient (Wildman–Crippen LogP) is 4.13. The van der Waals surface area contributed by atoms with Crippen LogP contribution < -0.4 is 0 Å². The molecule has 1 aliphatic rings. The lowest BCUT2D eigenvalue weighted by Crippen LogP contribution is -2.38. The van der Waals surface area contributed by atoms with Gasteiger partial charge >= 0.3 is 0 Å². The molecule has 0 unspecified atom stereocenters. The second kappa shape index (κ2) is 10.0. The van der Waals surface area contributed by atoms with E-state index in [0.717, 1.165) is 18.4 Å². The molecule has 1 aliphatic heterocycles. The summed E-state index contributed by atoms with van der Waals surface area (Å²) in [6, 6.07) is 16.4. The van der Waals surface area contributed by atoms with Crippen LogP contribution in [0.15, 0.2) is 72.1 Å². The van der Waals surface area contributed by atoms with Gasteiger partial charge in [0.2, 0.25) is 5.91 Å². The molecule has 1 fully saturated rings. The summed E-state index contributed by atoms with van der Waals surface area (Å²) in [5.41, 5.74) is 2.20. The van der Waals surface area contributed by atoms with Crippen molar-refractivity contribution in [2.75, 3.05) is 13.2 Å². The van der Waals surface area contributed by atoms with Gasteiger partial charge in [-0.3, -0.25) is 8.98 Å². The molecule has 0 aromatic heterocycles. The van der Waals surface area contributed by atoms with E-state index in [0.29, 0.717) is 19.4 Å². The summed E-state index contributed by atoms with van der Waals surface area (Å²) in [7, 11) is -3.86. The first kappa shape index (κ1) is 22.2. The first-order valence-electron chi connectivity index (χ1n) is 10.3. The Hall–Kier alpha value is -2.44. The van der Waals surface area contributed by atoms with E-state index in [2.05, 4.69) is 18.7 Å². The number of hydrogen-bond donors (Lipinski definition) is 0. The van der Waals surface area contributed by atoms with Crippen LogP contribution in [0.5, 0.6) is 0 Å². The number of allylic oxidation sites excluding steroid dienone is 1. The van der Waals surface area contributed by atoms with Gasteiger partial charge in [-0.15, -0.1) is 6.58 Å². The standard InChI is InChI=1S/C24H29NO4S/c1-3-8-21-17-22(18-29-30(27,28)23-14-12-19(2)13-15-23)25(24(21)26)16-7-11-20-9-5-4-6-10-20/h3-6,9-10,12-15,21-22H,1,7-8,11,16-18H2,2H3/t21-,22+/m1/s1. The monoisotopic (exact) mass is 427 g/mol. The average Bonchev–Trinajstić information content (AvgIpc) is 3.03. The number of carbonyl (C=O) groups is 1. The van der Waals surface area contributed by atoms with Crippen LogP contribution in [0.2, 0.25) is 0 Å². The highest BCUT2D eigenvalue weighted by Gasteiger charge is 2.39. The number of rotatable bonds is 10. The van der Waals surface area contributed by atoms with Crippen molar-refractivity contribution in [3.63, 3.8) is 0 Å². The fourth-order valence-electron chi connectivity index (χ4n) is 3.86. The second-order valence-corrected chi connectivity index (χ2v) is 9.40. The molecule has 5 nitrogen and oxygen atoms in total. The minimum Gasteiger partial charge on any atom is -0.337 e. The number of aryl methyl sites for hydroxylation is 2. The maximum absolute atomic E-state index is 12.9. The predicted molar refractivity (Wildman–Crippen MR) is 118 cm³/mol. The Balaban J connectivity index is 1.64. The number of benzene rings is 2. The first-order valence-corrected chi connectivity index (χ1v) is 11.7. The molecule has 0 bridgehead atoms. The van der Waals surface area contributed by atoms with Gasteiger partial charge in [0.25, 0.3) is 10.1 Å². The van der Waals surface area contributed by atoms with Crippen molar-refractivity contribution in [3.05, 3.63) is 78.4 Å². The fourth-order valence-corrected chi connectivity index (χ4v) is 4.80. The Morgan fingerprint density at radius 2 is 1.83 bits per heavy atom. The number of carbonyl (C=O) groups excluding carboxylic acids is 1. The van der Waals surface area contributed by atoms with E-state index in [1.165, 1.54) is 5.56 Å². The van der Waals surface area contributed by atoms with Crippen LogP contribution in [0.25, 0.3) is 0 Å². The third kappa shape index (κ3) is 5.58. The van der Waals surface area contributed by atoms with Crippen molar-refractivity contribution in [1.29, 1.82) is 0 Å². The molecule has 1 saturated heterocycles. The van der Waals surface area contributed by atoms with E-state index < -0.39 is 10.1 Å². The Bertz CT molecular complexity index is 954. The zero-order valence-electron chi connectivity index (χ0n) is 17.4. The van der Waals surface area contributed by atoms with Gasteiger partial charge in [0.15, 0.2) is 0 Å². The van der Waals surface area contributed by atoms with Crippen LogP contribution in [-0.2, 0) is 25.5 Å². The summed E-state index contributed by atoms with van der Waals surface area (Å²) < 4.78 is 30.5. The molecule has 0 aliphatic carbocycles. The van der Waals surface area contributed by atoms with Gasteiger partial charge in [0, 0.05) is 12.5 Å². The Labute approximate surface area is 179 Å². The van der Waals surface area contributed by atoms with Crippen LogP contribution in [-0.4, -0.2) is 38.4 Å². The smallest absolute Gasteiger partial charge is 0.297 e. The van der Waals surface area contributed by atoms with Gasteiger partial charge in [-0.2, -0.15) is 8.42 Å². The van der Waals surface area contributed by atoms with E-state index in [-0.39, 0.29) is 29.4 Å². The Morgan fingerprint density at radius 3 is 2.50 bits per heavy atom. The second-order valence-electron chi connectivity index (χ2n) is 7.78. The molecule has 160 valence electrons. The largest absolute Gasteiger partial charge is 0.337 e. The molecule has 3 rings (SSSR count). The lowest BCUT2D eigenvalue weighted by molar-refractivity contribution is -0.132. The van der Waals surface area contributed by atoms with E-state index in [9.17, 15) is 13.2 Å². The number of nitrogens with zero attached hydrogens (tertiary/aromatic N) is 1. The van der Waals surface area contributed by atoms with Crippen molar-refractivity contribution in [1.82, 2.24) is 4.90 Å². The van der Waals surface area contributed by atoms with Crippen molar-refractivity contribution < 1.29 is 17.4 Å². The quantitative estimate of drug-likeness (QED) is 0.423. The third-order valence-corrected chi connectivity index (χ3v) is 6.81. The maximum Gasteiger partial charge on any atom is 0.297 e. The van der Waals surface area contributed by atoms with Gasteiger partial charge < -0.3 is 4.90 Å². The zero-order chi connectivity index (χ0) is 21.6. The summed E-state index contributed by atoms with van der Waals surface area (Å²) in [6.45, 7) is 6.20. The lowest BCUT2D eigenvalue weighted by atomic mass is 10.0. The summed E-state index contributed by atoms with van der Waals surface area (Å²) in [4.78, 5) is 14.8. The minimum atomic E-state index is -3.86. The highest BCUT2D eigenvalue weighted by Crippen LogP contribution is 2.29. The summed E-state index contributed by atoms with van der Waals surface area (Å²) in [5.74, 6) is -0.0980. The van der Waals surface area contributed by atoms with Gasteiger partial charge in [0.05, 0.1) is 17.5 Å². The molecule has 6 heteroatoms. The molecular formula is C24H29NO4S. The van der Waals surface area contributed by atoms with Crippen LogP contribution in [0.1, 0.15) is 30.4 Å². The van der Waals surface area contributed by atoms with E-state index >= 15 is 0 Å². The van der Waals surface area contributed by atoms with Crippen LogP contribution in [0.3, 0.4) is 0 Å². The summed E-state index contributed by atoms with van der Waals surface area (Å²) in [6.07, 6.45) is 4.61. The molecule has 2 aromatic rings. The van der Waals surface area contributed by atoms with Crippen molar-refractivity contribution >= 4 is 16.0 Å². The molecule has 1 amide bonds. The third-order valence-electron chi connectivity index (χ3n) is 5.51. The van der Waals surface area contributed by atoms with Crippen LogP contribution in [0, 0.1) is 12.8 Å². The molecule has 2 atom stereocenters. The zero-order valence-corrected chi connectivity index (χ0v) is 18.2. The molecule has 1 heterocycles. The highest BCUT2D eigenvalue weighted by molar-refractivity contribution is 7.86. The number of likely N-dealkylation sites (tertiary alicyclic amines) is 1. The number of amides is 1. The Morgan fingerprint density at radius 1 is 1.13 bits per heavy atom. The van der Waals surface area contributed by atoms with E-state index in [1.54, 1.807) is 35.2 Å². The maximum atomic E-state index is 12.9. The summed E-state index contributed by atoms with van der Waals surface area (Å²) >= 11 is 0. The lowest BCUT2D eigenvalue weighted by Gasteiger charge is -2.24. The van der Waals surface area contributed by atoms with Gasteiger partial charge in [-0.1, -0.05) is 54.1 Å². The van der Waals surface area contributed by atoms with Gasteiger partial charge in [-0.05, 0) is 50.3 Å². The van der Waals surface area contributed by atoms with Crippen molar-refractivity contribution in [3.8, 4) is 0 Å². The SMILES string of the molecule is C=CC[C@@H]1C[C@@H](COS(=O)(=O)c2ccc(C)cc2)N(CCCc2ccccc2)C1=O. The molecule has 2 aromatic carbocycles. The van der Waals surface area contributed by atoms with Crippen molar-refractivity contribution in [2.45, 2.75) is 43.5 Å². The van der Waals surface area contributed by atoms with Crippen molar-refractivity contribution in [2.24, 2.45) is 5.92 Å². The molecule has 0 saturated carbocycles. The molecular weight excluding hydrogens is 398 g/mol. The molecule has 0 spiro atoms. The Kier molecular flexibility index (Phi) is 7.45. The summed E-state index contributed by atoms with van der Waals surface area (Å²) in [5, 5.41) is 0. The first-order chi connectivity index (χ1) is 14.4. The van der Waals surface area contributed by atoms with Gasteiger partial charge in [-0.25, -0.2) is 0 Å². The van der Waals surface area contributed by atoms with E-state index in [4.69, 9.17) is 4.18 Å². The highest BCUT2D eigenvalue weighted by atomic mass is 32.2. The minimum absolute atomic E-state index is 0.0269. The molecule has 0 radical (unpaired) electrons. The molecule has 30 heavy (non-hydrogen) atoms. The average molecular weight is 428 g/mol. The normalized spacial score (nSPS) is 19.2. The van der Waals surface area contributed by atoms with Gasteiger partial charge in [0.1, 0.15) is 0 Å². The fraction of sp³-hybridized carbons (Fsp3) is 0.375. The van der Waals surface area contributed by atoms with Crippen LogP contribution >= 0.6 is 0 Å². The van der Waals surface area contributed by atoms with E-state index in [1.807, 2.05) is 25.1 Å².